The summed E-state index contributed by atoms with van der Waals surface area (Å²) in [6, 6.07) is 8.45. The predicted octanol–water partition coefficient (Wildman–Crippen LogP) is 3.50. The number of H-pyrrole nitrogens is 1. The molecule has 2 aromatic rings. The molecule has 0 spiro atoms. The molecule has 1 aromatic heterocycles. The maximum absolute atomic E-state index is 12.4. The second kappa shape index (κ2) is 8.17. The quantitative estimate of drug-likeness (QED) is 0.617. The molecule has 1 unspecified atom stereocenters. The number of rotatable bonds is 6. The van der Waals surface area contributed by atoms with E-state index in [2.05, 4.69) is 15.3 Å². The average Bonchev–Trinajstić information content (AvgIpc) is 2.51. The molecule has 122 valence electrons. The molecule has 23 heavy (non-hydrogen) atoms. The van der Waals surface area contributed by atoms with Gasteiger partial charge in [0.15, 0.2) is 5.16 Å². The number of hydrogen-bond donors (Lipinski definition) is 2. The van der Waals surface area contributed by atoms with Crippen LogP contribution in [0.2, 0.25) is 5.02 Å². The number of carbonyl (C=O) groups excluding carboxylic acids is 1. The summed E-state index contributed by atoms with van der Waals surface area (Å²) in [5, 5.41) is 3.50. The van der Waals surface area contributed by atoms with Crippen molar-refractivity contribution in [2.24, 2.45) is 0 Å². The summed E-state index contributed by atoms with van der Waals surface area (Å²) in [6.45, 7) is 3.84. The van der Waals surface area contributed by atoms with E-state index in [0.29, 0.717) is 34.4 Å². The largest absolute Gasteiger partial charge is 0.325 e. The van der Waals surface area contributed by atoms with Gasteiger partial charge >= 0.3 is 0 Å². The highest BCUT2D eigenvalue weighted by molar-refractivity contribution is 8.00. The Morgan fingerprint density at radius 2 is 2.17 bits per heavy atom. The van der Waals surface area contributed by atoms with Crippen molar-refractivity contribution in [2.45, 2.75) is 37.1 Å². The van der Waals surface area contributed by atoms with Crippen molar-refractivity contribution in [3.63, 3.8) is 0 Å². The summed E-state index contributed by atoms with van der Waals surface area (Å²) in [5.74, 6) is -0.149. The predicted molar refractivity (Wildman–Crippen MR) is 94.3 cm³/mol. The van der Waals surface area contributed by atoms with Crippen molar-refractivity contribution in [1.29, 1.82) is 0 Å². The first-order valence-corrected chi connectivity index (χ1v) is 8.61. The Hall–Kier alpha value is -1.79. The van der Waals surface area contributed by atoms with Crippen LogP contribution in [0.5, 0.6) is 0 Å². The van der Waals surface area contributed by atoms with E-state index in [4.69, 9.17) is 11.6 Å². The fourth-order valence-electron chi connectivity index (χ4n) is 1.97. The van der Waals surface area contributed by atoms with Gasteiger partial charge in [-0.05, 0) is 31.0 Å². The van der Waals surface area contributed by atoms with Gasteiger partial charge in [0.05, 0.1) is 5.25 Å². The number of thioether (sulfide) groups is 1. The minimum absolute atomic E-state index is 0.149. The number of nitrogens with one attached hydrogen (secondary N) is 2. The molecule has 5 nitrogen and oxygen atoms in total. The van der Waals surface area contributed by atoms with E-state index in [-0.39, 0.29) is 16.7 Å². The minimum Gasteiger partial charge on any atom is -0.325 e. The molecular weight excluding hydrogens is 334 g/mol. The lowest BCUT2D eigenvalue weighted by atomic mass is 10.3. The second-order valence-corrected chi connectivity index (χ2v) is 6.54. The van der Waals surface area contributed by atoms with Crippen molar-refractivity contribution in [3.05, 3.63) is 51.4 Å². The third-order valence-corrected chi connectivity index (χ3v) is 4.63. The monoisotopic (exact) mass is 351 g/mol. The maximum Gasteiger partial charge on any atom is 0.251 e. The summed E-state index contributed by atoms with van der Waals surface area (Å²) in [5.41, 5.74) is 1.15. The number of halogens is 1. The first-order valence-electron chi connectivity index (χ1n) is 7.35. The highest BCUT2D eigenvalue weighted by Gasteiger charge is 2.19. The van der Waals surface area contributed by atoms with E-state index in [0.717, 1.165) is 0 Å². The molecular formula is C16H18ClN3O2S. The average molecular weight is 352 g/mol. The molecule has 0 fully saturated rings. The third kappa shape index (κ3) is 5.11. The van der Waals surface area contributed by atoms with Crippen molar-refractivity contribution in [3.8, 4) is 0 Å². The topological polar surface area (TPSA) is 74.8 Å². The number of benzene rings is 1. The number of amides is 1. The van der Waals surface area contributed by atoms with Crippen molar-refractivity contribution >= 4 is 35.0 Å². The molecule has 1 aromatic carbocycles. The Morgan fingerprint density at radius 1 is 1.39 bits per heavy atom. The zero-order chi connectivity index (χ0) is 16.8. The molecule has 0 aliphatic rings. The Kier molecular flexibility index (Phi) is 6.24. The summed E-state index contributed by atoms with van der Waals surface area (Å²) in [7, 11) is 0. The van der Waals surface area contributed by atoms with Crippen molar-refractivity contribution < 1.29 is 4.79 Å². The molecule has 0 radical (unpaired) electrons. The van der Waals surface area contributed by atoms with Gasteiger partial charge in [-0.15, -0.1) is 0 Å². The number of hydrogen-bond acceptors (Lipinski definition) is 4. The number of anilines is 1. The lowest BCUT2D eigenvalue weighted by Gasteiger charge is -2.14. The Bertz CT molecular complexity index is 748. The van der Waals surface area contributed by atoms with E-state index in [1.54, 1.807) is 24.3 Å². The van der Waals surface area contributed by atoms with Crippen LogP contribution in [0.15, 0.2) is 40.3 Å². The SMILES string of the molecule is CCc1cc(=O)[nH]c(SC(CC)C(=O)Nc2cccc(Cl)c2)n1. The van der Waals surface area contributed by atoms with Gasteiger partial charge in [0, 0.05) is 22.5 Å². The van der Waals surface area contributed by atoms with Crippen LogP contribution in [0, 0.1) is 0 Å². The van der Waals surface area contributed by atoms with Gasteiger partial charge in [-0.1, -0.05) is 43.3 Å². The van der Waals surface area contributed by atoms with Crippen molar-refractivity contribution in [1.82, 2.24) is 9.97 Å². The van der Waals surface area contributed by atoms with Gasteiger partial charge in [-0.2, -0.15) is 0 Å². The van der Waals surface area contributed by atoms with Crippen LogP contribution in [-0.4, -0.2) is 21.1 Å². The molecule has 0 saturated carbocycles. The normalized spacial score (nSPS) is 12.0. The van der Waals surface area contributed by atoms with Crippen LogP contribution in [0.4, 0.5) is 5.69 Å². The Morgan fingerprint density at radius 3 is 2.83 bits per heavy atom. The second-order valence-electron chi connectivity index (χ2n) is 4.91. The first kappa shape index (κ1) is 17.6. The van der Waals surface area contributed by atoms with Crippen LogP contribution in [0.25, 0.3) is 0 Å². The molecule has 0 saturated heterocycles. The Labute approximate surface area is 143 Å². The van der Waals surface area contributed by atoms with Gasteiger partial charge < -0.3 is 10.3 Å². The van der Waals surface area contributed by atoms with Gasteiger partial charge in [0.1, 0.15) is 0 Å². The molecule has 1 amide bonds. The summed E-state index contributed by atoms with van der Waals surface area (Å²) in [6.07, 6.45) is 1.28. The molecule has 7 heteroatoms. The van der Waals surface area contributed by atoms with E-state index in [1.807, 2.05) is 13.8 Å². The maximum atomic E-state index is 12.4. The molecule has 2 N–H and O–H groups in total. The fraction of sp³-hybridized carbons (Fsp3) is 0.312. The lowest BCUT2D eigenvalue weighted by molar-refractivity contribution is -0.115. The lowest BCUT2D eigenvalue weighted by Crippen LogP contribution is -2.25. The van der Waals surface area contributed by atoms with E-state index in [9.17, 15) is 9.59 Å². The zero-order valence-corrected chi connectivity index (χ0v) is 14.5. The summed E-state index contributed by atoms with van der Waals surface area (Å²) >= 11 is 7.17. The van der Waals surface area contributed by atoms with E-state index < -0.39 is 0 Å². The minimum atomic E-state index is -0.357. The highest BCUT2D eigenvalue weighted by atomic mass is 35.5. The summed E-state index contributed by atoms with van der Waals surface area (Å²) in [4.78, 5) is 31.0. The number of nitrogens with zero attached hydrogens (tertiary/aromatic N) is 1. The third-order valence-electron chi connectivity index (χ3n) is 3.14. The molecule has 1 heterocycles. The van der Waals surface area contributed by atoms with Gasteiger partial charge in [-0.3, -0.25) is 9.59 Å². The number of aromatic amines is 1. The smallest absolute Gasteiger partial charge is 0.251 e. The molecule has 0 aliphatic carbocycles. The standard InChI is InChI=1S/C16H18ClN3O2S/c1-3-11-9-14(21)20-16(19-11)23-13(4-2)15(22)18-12-7-5-6-10(17)8-12/h5-9,13H,3-4H2,1-2H3,(H,18,22)(H,19,20,21). The number of aryl methyl sites for hydroxylation is 1. The van der Waals surface area contributed by atoms with Crippen molar-refractivity contribution in [2.75, 3.05) is 5.32 Å². The first-order chi connectivity index (χ1) is 11.0. The van der Waals surface area contributed by atoms with Crippen LogP contribution in [0.1, 0.15) is 26.0 Å². The number of carbonyl (C=O) groups is 1. The van der Waals surface area contributed by atoms with Gasteiger partial charge in [0.25, 0.3) is 5.56 Å². The zero-order valence-electron chi connectivity index (χ0n) is 12.9. The molecule has 0 bridgehead atoms. The van der Waals surface area contributed by atoms with Crippen LogP contribution >= 0.6 is 23.4 Å². The van der Waals surface area contributed by atoms with Crippen LogP contribution in [0.3, 0.4) is 0 Å². The van der Waals surface area contributed by atoms with Crippen LogP contribution in [-0.2, 0) is 11.2 Å². The fourth-order valence-corrected chi connectivity index (χ4v) is 3.09. The van der Waals surface area contributed by atoms with E-state index >= 15 is 0 Å². The van der Waals surface area contributed by atoms with Gasteiger partial charge in [-0.25, -0.2) is 4.98 Å². The Balaban J connectivity index is 2.11. The molecule has 1 atom stereocenters. The van der Waals surface area contributed by atoms with Crippen LogP contribution < -0.4 is 10.9 Å². The summed E-state index contributed by atoms with van der Waals surface area (Å²) < 4.78 is 0. The van der Waals surface area contributed by atoms with Gasteiger partial charge in [0.2, 0.25) is 5.91 Å². The van der Waals surface area contributed by atoms with E-state index in [1.165, 1.54) is 17.8 Å². The molecule has 0 aliphatic heterocycles. The highest BCUT2D eigenvalue weighted by Crippen LogP contribution is 2.23. The number of aromatic nitrogens is 2. The molecule has 2 rings (SSSR count).